The number of benzene rings is 2. The number of nitrogens with zero attached hydrogens (tertiary/aromatic N) is 2. The smallest absolute Gasteiger partial charge is 0.267 e. The average Bonchev–Trinajstić information content (AvgIpc) is 3.09. The van der Waals surface area contributed by atoms with E-state index in [9.17, 15) is 4.79 Å². The van der Waals surface area contributed by atoms with Gasteiger partial charge in [0.15, 0.2) is 5.16 Å². The summed E-state index contributed by atoms with van der Waals surface area (Å²) in [6.45, 7) is 6.34. The summed E-state index contributed by atoms with van der Waals surface area (Å²) >= 11 is 9.56. The van der Waals surface area contributed by atoms with Crippen LogP contribution in [-0.4, -0.2) is 9.55 Å². The lowest BCUT2D eigenvalue weighted by Crippen LogP contribution is -2.21. The first kappa shape index (κ1) is 22.1. The SMILES string of the molecule is CCCc1sc2nc(SCc3ccccc3Cl)n(-c3ccc(CC)cc3)c(=O)c2c1C. The van der Waals surface area contributed by atoms with Crippen molar-refractivity contribution >= 4 is 44.9 Å². The predicted octanol–water partition coefficient (Wildman–Crippen LogP) is 7.22. The number of halogens is 1. The second kappa shape index (κ2) is 9.60. The van der Waals surface area contributed by atoms with Crippen LogP contribution in [0.1, 0.15) is 41.8 Å². The van der Waals surface area contributed by atoms with Gasteiger partial charge in [0.2, 0.25) is 0 Å². The van der Waals surface area contributed by atoms with Gasteiger partial charge >= 0.3 is 0 Å². The number of thiophene rings is 1. The van der Waals surface area contributed by atoms with Crippen LogP contribution < -0.4 is 5.56 Å². The number of rotatable bonds is 7. The molecule has 2 heterocycles. The summed E-state index contributed by atoms with van der Waals surface area (Å²) in [7, 11) is 0. The molecule has 31 heavy (non-hydrogen) atoms. The van der Waals surface area contributed by atoms with Crippen molar-refractivity contribution in [3.8, 4) is 5.69 Å². The van der Waals surface area contributed by atoms with E-state index in [2.05, 4.69) is 26.0 Å². The molecule has 160 valence electrons. The fourth-order valence-corrected chi connectivity index (χ4v) is 6.26. The van der Waals surface area contributed by atoms with Crippen LogP contribution in [-0.2, 0) is 18.6 Å². The van der Waals surface area contributed by atoms with Gasteiger partial charge in [-0.05, 0) is 54.7 Å². The maximum Gasteiger partial charge on any atom is 0.267 e. The first-order valence-corrected chi connectivity index (χ1v) is 12.7. The van der Waals surface area contributed by atoms with Crippen molar-refractivity contribution < 1.29 is 0 Å². The summed E-state index contributed by atoms with van der Waals surface area (Å²) in [5.41, 5.74) is 4.20. The minimum absolute atomic E-state index is 0.00649. The van der Waals surface area contributed by atoms with E-state index in [1.807, 2.05) is 43.3 Å². The van der Waals surface area contributed by atoms with Gasteiger partial charge in [0.25, 0.3) is 5.56 Å². The minimum Gasteiger partial charge on any atom is -0.268 e. The molecule has 4 rings (SSSR count). The van der Waals surface area contributed by atoms with Gasteiger partial charge in [0.1, 0.15) is 4.83 Å². The van der Waals surface area contributed by atoms with Gasteiger partial charge in [-0.1, -0.05) is 74.0 Å². The quantitative estimate of drug-likeness (QED) is 0.212. The Kier molecular flexibility index (Phi) is 6.85. The van der Waals surface area contributed by atoms with Gasteiger partial charge in [0, 0.05) is 15.7 Å². The molecule has 0 bridgehead atoms. The van der Waals surface area contributed by atoms with E-state index in [1.165, 1.54) is 10.4 Å². The van der Waals surface area contributed by atoms with E-state index in [4.69, 9.17) is 16.6 Å². The van der Waals surface area contributed by atoms with E-state index in [-0.39, 0.29) is 5.56 Å². The Morgan fingerprint density at radius 1 is 1.10 bits per heavy atom. The maximum atomic E-state index is 13.7. The highest BCUT2D eigenvalue weighted by Crippen LogP contribution is 2.32. The van der Waals surface area contributed by atoms with Crippen LogP contribution in [0.3, 0.4) is 0 Å². The molecule has 0 fully saturated rings. The number of aryl methyl sites for hydroxylation is 3. The molecule has 0 saturated heterocycles. The molecule has 0 aliphatic carbocycles. The third-order valence-electron chi connectivity index (χ3n) is 5.43. The second-order valence-corrected chi connectivity index (χ2v) is 9.95. The van der Waals surface area contributed by atoms with Crippen molar-refractivity contribution in [3.05, 3.63) is 85.5 Å². The predicted molar refractivity (Wildman–Crippen MR) is 134 cm³/mol. The topological polar surface area (TPSA) is 34.9 Å². The Morgan fingerprint density at radius 2 is 1.84 bits per heavy atom. The van der Waals surface area contributed by atoms with E-state index in [0.717, 1.165) is 51.3 Å². The molecule has 0 aliphatic rings. The molecule has 0 spiro atoms. The van der Waals surface area contributed by atoms with Crippen molar-refractivity contribution in [3.63, 3.8) is 0 Å². The molecule has 2 aromatic heterocycles. The van der Waals surface area contributed by atoms with E-state index in [0.29, 0.717) is 10.9 Å². The summed E-state index contributed by atoms with van der Waals surface area (Å²) in [6, 6.07) is 16.0. The van der Waals surface area contributed by atoms with Crippen molar-refractivity contribution in [1.82, 2.24) is 9.55 Å². The number of hydrogen-bond donors (Lipinski definition) is 0. The summed E-state index contributed by atoms with van der Waals surface area (Å²) in [5, 5.41) is 2.18. The lowest BCUT2D eigenvalue weighted by molar-refractivity contribution is 0.821. The molecule has 0 N–H and O–H groups in total. The Bertz CT molecular complexity index is 1280. The Labute approximate surface area is 196 Å². The Hall–Kier alpha value is -2.08. The summed E-state index contributed by atoms with van der Waals surface area (Å²) in [5.74, 6) is 0.650. The Balaban J connectivity index is 1.87. The largest absolute Gasteiger partial charge is 0.268 e. The van der Waals surface area contributed by atoms with Gasteiger partial charge < -0.3 is 0 Å². The third-order valence-corrected chi connectivity index (χ3v) is 8.03. The third kappa shape index (κ3) is 4.45. The van der Waals surface area contributed by atoms with Crippen molar-refractivity contribution in [2.45, 2.75) is 50.9 Å². The average molecular weight is 469 g/mol. The van der Waals surface area contributed by atoms with Crippen LogP contribution in [0.15, 0.2) is 58.5 Å². The molecule has 2 aromatic carbocycles. The lowest BCUT2D eigenvalue weighted by Gasteiger charge is -2.13. The monoisotopic (exact) mass is 468 g/mol. The lowest BCUT2D eigenvalue weighted by atomic mass is 10.1. The summed E-state index contributed by atoms with van der Waals surface area (Å²) < 4.78 is 1.76. The van der Waals surface area contributed by atoms with Crippen LogP contribution in [0.4, 0.5) is 0 Å². The fourth-order valence-electron chi connectivity index (χ4n) is 3.64. The minimum atomic E-state index is 0.00649. The number of fused-ring (bicyclic) bond motifs is 1. The molecule has 0 atom stereocenters. The van der Waals surface area contributed by atoms with Crippen LogP contribution in [0.5, 0.6) is 0 Å². The highest BCUT2D eigenvalue weighted by atomic mass is 35.5. The molecule has 4 aromatic rings. The zero-order chi connectivity index (χ0) is 22.0. The first-order chi connectivity index (χ1) is 15.0. The molecule has 0 aliphatic heterocycles. The van der Waals surface area contributed by atoms with Crippen LogP contribution >= 0.6 is 34.7 Å². The zero-order valence-electron chi connectivity index (χ0n) is 17.9. The van der Waals surface area contributed by atoms with Gasteiger partial charge in [-0.15, -0.1) is 11.3 Å². The first-order valence-electron chi connectivity index (χ1n) is 10.5. The van der Waals surface area contributed by atoms with Crippen molar-refractivity contribution in [2.24, 2.45) is 0 Å². The van der Waals surface area contributed by atoms with E-state index >= 15 is 0 Å². The molecule has 0 unspecified atom stereocenters. The Morgan fingerprint density at radius 3 is 2.52 bits per heavy atom. The molecule has 0 saturated carbocycles. The fraction of sp³-hybridized carbons (Fsp3) is 0.280. The molecule has 0 radical (unpaired) electrons. The van der Waals surface area contributed by atoms with Gasteiger partial charge in [-0.3, -0.25) is 9.36 Å². The highest BCUT2D eigenvalue weighted by molar-refractivity contribution is 7.98. The van der Waals surface area contributed by atoms with Gasteiger partial charge in [-0.25, -0.2) is 4.98 Å². The standard InChI is InChI=1S/C25H25ClN2OS2/c1-4-8-21-16(3)22-23(31-21)27-25(30-15-18-9-6-7-10-20(18)26)28(24(22)29)19-13-11-17(5-2)12-14-19/h6-7,9-14H,4-5,8,15H2,1-3H3. The van der Waals surface area contributed by atoms with Gasteiger partial charge in [-0.2, -0.15) is 0 Å². The molecular weight excluding hydrogens is 444 g/mol. The summed E-state index contributed by atoms with van der Waals surface area (Å²) in [6.07, 6.45) is 2.98. The number of aromatic nitrogens is 2. The molecular formula is C25H25ClN2OS2. The molecule has 0 amide bonds. The van der Waals surface area contributed by atoms with Crippen LogP contribution in [0, 0.1) is 6.92 Å². The number of hydrogen-bond acceptors (Lipinski definition) is 4. The summed E-state index contributed by atoms with van der Waals surface area (Å²) in [4.78, 5) is 20.8. The molecule has 3 nitrogen and oxygen atoms in total. The second-order valence-electron chi connectivity index (χ2n) is 7.52. The highest BCUT2D eigenvalue weighted by Gasteiger charge is 2.19. The maximum absolute atomic E-state index is 13.7. The zero-order valence-corrected chi connectivity index (χ0v) is 20.3. The number of thioether (sulfide) groups is 1. The molecule has 6 heteroatoms. The van der Waals surface area contributed by atoms with Crippen LogP contribution in [0.25, 0.3) is 15.9 Å². The van der Waals surface area contributed by atoms with Crippen molar-refractivity contribution in [1.29, 1.82) is 0 Å². The normalized spacial score (nSPS) is 11.4. The van der Waals surface area contributed by atoms with Crippen LogP contribution in [0.2, 0.25) is 5.02 Å². The van der Waals surface area contributed by atoms with Gasteiger partial charge in [0.05, 0.1) is 11.1 Å². The van der Waals surface area contributed by atoms with E-state index < -0.39 is 0 Å². The van der Waals surface area contributed by atoms with Crippen molar-refractivity contribution in [2.75, 3.05) is 0 Å². The van der Waals surface area contributed by atoms with E-state index in [1.54, 1.807) is 27.7 Å².